The summed E-state index contributed by atoms with van der Waals surface area (Å²) in [6.07, 6.45) is -0.783. The maximum absolute atomic E-state index is 12.0. The smallest absolute Gasteiger partial charge is 0.523 e. The van der Waals surface area contributed by atoms with Crippen LogP contribution in [0.3, 0.4) is 0 Å². The molecule has 0 heterocycles. The molecule has 96 valence electrons. The molecule has 0 aromatic heterocycles. The molecule has 0 rings (SSSR count). The highest BCUT2D eigenvalue weighted by atomic mass is 32.2. The molecule has 0 aliphatic rings. The van der Waals surface area contributed by atoms with Gasteiger partial charge in [-0.15, -0.1) is 0 Å². The summed E-state index contributed by atoms with van der Waals surface area (Å²) in [5.41, 5.74) is -5.63. The van der Waals surface area contributed by atoms with Crippen molar-refractivity contribution in [2.45, 2.75) is 37.5 Å². The maximum atomic E-state index is 12.0. The minimum absolute atomic E-state index is 0.391. The lowest BCUT2D eigenvalue weighted by Gasteiger charge is -2.22. The number of hydrogen-bond donors (Lipinski definition) is 0. The largest absolute Gasteiger partial charge is 0.593 e. The standard InChI is InChI=1S/C6H10F3O5PS/c1-3-5(4-2,15(10)11)14-16(12,13)6(7,8)9/h3-4H2,1-2H3. The Hall–Kier alpha value is -0.240. The van der Waals surface area contributed by atoms with Crippen molar-refractivity contribution in [2.75, 3.05) is 0 Å². The van der Waals surface area contributed by atoms with E-state index >= 15 is 0 Å². The van der Waals surface area contributed by atoms with Gasteiger partial charge in [-0.1, -0.05) is 18.4 Å². The van der Waals surface area contributed by atoms with Gasteiger partial charge in [-0.05, 0) is 0 Å². The fraction of sp³-hybridized carbons (Fsp3) is 1.00. The lowest BCUT2D eigenvalue weighted by molar-refractivity contribution is -0.178. The highest BCUT2D eigenvalue weighted by Gasteiger charge is 2.55. The topological polar surface area (TPSA) is 83.5 Å². The first-order valence-electron chi connectivity index (χ1n) is 4.19. The molecule has 0 saturated carbocycles. The summed E-state index contributed by atoms with van der Waals surface area (Å²) in [4.78, 5) is 10.8. The SMILES string of the molecule is CCC(CC)(OS(=O)(=O)C(F)(F)F)[P+](=O)[O-]. The van der Waals surface area contributed by atoms with E-state index in [0.29, 0.717) is 0 Å². The average Bonchev–Trinajstić information content (AvgIpc) is 2.12. The van der Waals surface area contributed by atoms with Crippen LogP contribution in [0.1, 0.15) is 26.7 Å². The van der Waals surface area contributed by atoms with Crippen LogP contribution in [-0.4, -0.2) is 19.3 Å². The third-order valence-electron chi connectivity index (χ3n) is 1.99. The van der Waals surface area contributed by atoms with Gasteiger partial charge in [0.1, 0.15) is 0 Å². The molecule has 0 aromatic carbocycles. The fourth-order valence-electron chi connectivity index (χ4n) is 0.908. The van der Waals surface area contributed by atoms with E-state index in [-0.39, 0.29) is 0 Å². The molecule has 1 atom stereocenters. The molecule has 0 amide bonds. The van der Waals surface area contributed by atoms with Crippen LogP contribution in [0, 0.1) is 0 Å². The molecule has 0 aliphatic heterocycles. The van der Waals surface area contributed by atoms with Gasteiger partial charge in [-0.3, -0.25) is 0 Å². The Bertz CT molecular complexity index is 359. The van der Waals surface area contributed by atoms with Gasteiger partial charge in [-0.25, -0.2) is 4.18 Å². The summed E-state index contributed by atoms with van der Waals surface area (Å²) < 4.78 is 71.9. The summed E-state index contributed by atoms with van der Waals surface area (Å²) in [6, 6.07) is 0. The molecule has 1 unspecified atom stereocenters. The second-order valence-corrected chi connectivity index (χ2v) is 5.76. The number of hydrogen-bond acceptors (Lipinski definition) is 5. The minimum atomic E-state index is -5.91. The monoisotopic (exact) mass is 282 g/mol. The van der Waals surface area contributed by atoms with Gasteiger partial charge < -0.3 is 4.89 Å². The van der Waals surface area contributed by atoms with Gasteiger partial charge in [0.25, 0.3) is 5.34 Å². The van der Waals surface area contributed by atoms with E-state index in [1.54, 1.807) is 0 Å². The van der Waals surface area contributed by atoms with E-state index in [1.165, 1.54) is 13.8 Å². The Morgan fingerprint density at radius 2 is 1.62 bits per heavy atom. The third kappa shape index (κ3) is 3.13. The van der Waals surface area contributed by atoms with Gasteiger partial charge in [0, 0.05) is 12.8 Å². The van der Waals surface area contributed by atoms with Gasteiger partial charge >= 0.3 is 23.7 Å². The summed E-state index contributed by atoms with van der Waals surface area (Å²) in [5, 5.41) is -2.33. The molecule has 0 spiro atoms. The highest BCUT2D eigenvalue weighted by Crippen LogP contribution is 2.43. The second kappa shape index (κ2) is 4.95. The summed E-state index contributed by atoms with van der Waals surface area (Å²) in [6.45, 7) is 2.45. The first-order chi connectivity index (χ1) is 7.02. The molecule has 5 nitrogen and oxygen atoms in total. The van der Waals surface area contributed by atoms with E-state index in [4.69, 9.17) is 0 Å². The maximum Gasteiger partial charge on any atom is 0.523 e. The Balaban J connectivity index is 5.29. The minimum Gasteiger partial charge on any atom is -0.593 e. The van der Waals surface area contributed by atoms with Crippen LogP contribution < -0.4 is 4.89 Å². The predicted molar refractivity (Wildman–Crippen MR) is 47.0 cm³/mol. The second-order valence-electron chi connectivity index (χ2n) is 2.89. The van der Waals surface area contributed by atoms with Crippen LogP contribution in [0.15, 0.2) is 0 Å². The van der Waals surface area contributed by atoms with Gasteiger partial charge in [0.15, 0.2) is 0 Å². The highest BCUT2D eigenvalue weighted by molar-refractivity contribution is 7.87. The quantitative estimate of drug-likeness (QED) is 0.433. The van der Waals surface area contributed by atoms with Gasteiger partial charge in [0.05, 0.1) is 0 Å². The molecule has 0 saturated heterocycles. The van der Waals surface area contributed by atoms with Crippen LogP contribution >= 0.6 is 8.03 Å². The Kier molecular flexibility index (Phi) is 4.88. The van der Waals surface area contributed by atoms with Crippen LogP contribution in [0.5, 0.6) is 0 Å². The first-order valence-corrected chi connectivity index (χ1v) is 6.77. The molecule has 16 heavy (non-hydrogen) atoms. The van der Waals surface area contributed by atoms with Crippen molar-refractivity contribution in [3.8, 4) is 0 Å². The molecule has 0 N–H and O–H groups in total. The molecule has 10 heteroatoms. The summed E-state index contributed by atoms with van der Waals surface area (Å²) >= 11 is 0. The molecule has 0 bridgehead atoms. The molecular weight excluding hydrogens is 272 g/mol. The predicted octanol–water partition coefficient (Wildman–Crippen LogP) is 1.47. The zero-order valence-corrected chi connectivity index (χ0v) is 10.2. The normalized spacial score (nSPS) is 15.0. The van der Waals surface area contributed by atoms with E-state index in [9.17, 15) is 31.0 Å². The molecule has 0 aliphatic carbocycles. The van der Waals surface area contributed by atoms with Crippen molar-refractivity contribution < 1.29 is 35.2 Å². The summed E-state index contributed by atoms with van der Waals surface area (Å²) in [7, 11) is -9.37. The van der Waals surface area contributed by atoms with Crippen LogP contribution in [0.4, 0.5) is 13.2 Å². The molecule has 0 radical (unpaired) electrons. The first kappa shape index (κ1) is 15.8. The molecule has 0 fully saturated rings. The van der Waals surface area contributed by atoms with E-state index in [1.807, 2.05) is 0 Å². The van der Waals surface area contributed by atoms with Crippen molar-refractivity contribution >= 4 is 18.1 Å². The van der Waals surface area contributed by atoms with Crippen LogP contribution in [0.25, 0.3) is 0 Å². The zero-order chi connectivity index (χ0) is 13.2. The van der Waals surface area contributed by atoms with Crippen LogP contribution in [0.2, 0.25) is 0 Å². The van der Waals surface area contributed by atoms with Crippen molar-refractivity contribution in [1.82, 2.24) is 0 Å². The molecule has 0 aromatic rings. The van der Waals surface area contributed by atoms with Crippen molar-refractivity contribution in [2.24, 2.45) is 0 Å². The van der Waals surface area contributed by atoms with Gasteiger partial charge in [-0.2, -0.15) is 21.6 Å². The van der Waals surface area contributed by atoms with Crippen molar-refractivity contribution in [3.63, 3.8) is 0 Å². The summed E-state index contributed by atoms with van der Waals surface area (Å²) in [5.74, 6) is 0. The van der Waals surface area contributed by atoms with E-state index in [0.717, 1.165) is 0 Å². The number of halogens is 3. The fourth-order valence-corrected chi connectivity index (χ4v) is 2.70. The van der Waals surface area contributed by atoms with E-state index in [2.05, 4.69) is 4.18 Å². The number of rotatable bonds is 5. The Morgan fingerprint density at radius 1 is 1.25 bits per heavy atom. The average molecular weight is 282 g/mol. The Morgan fingerprint density at radius 3 is 1.81 bits per heavy atom. The number of alkyl halides is 3. The zero-order valence-electron chi connectivity index (χ0n) is 8.44. The molecular formula is C6H10F3O5PS. The van der Waals surface area contributed by atoms with E-state index < -0.39 is 41.8 Å². The Labute approximate surface area is 91.6 Å². The van der Waals surface area contributed by atoms with Crippen molar-refractivity contribution in [3.05, 3.63) is 0 Å². The third-order valence-corrected chi connectivity index (χ3v) is 4.60. The van der Waals surface area contributed by atoms with Crippen molar-refractivity contribution in [1.29, 1.82) is 0 Å². The van der Waals surface area contributed by atoms with Crippen LogP contribution in [-0.2, 0) is 18.9 Å². The van der Waals surface area contributed by atoms with Gasteiger partial charge in [0.2, 0.25) is 0 Å². The lowest BCUT2D eigenvalue weighted by atomic mass is 10.2. The lowest BCUT2D eigenvalue weighted by Crippen LogP contribution is -2.38.